The molecule has 0 saturated carbocycles. The normalized spacial score (nSPS) is 15.9. The number of ether oxygens (including phenoxy) is 1. The number of nitrogens with one attached hydrogen (secondary N) is 2. The number of amides is 1. The Labute approximate surface area is 139 Å². The SMILES string of the molecule is CC(NCC(O)c1ccccc1F)c1ccc2c(c1)NC(=O)CO2. The molecule has 2 aromatic rings. The lowest BCUT2D eigenvalue weighted by Gasteiger charge is -2.22. The van der Waals surface area contributed by atoms with Gasteiger partial charge in [-0.15, -0.1) is 0 Å². The Balaban J connectivity index is 1.65. The van der Waals surface area contributed by atoms with Crippen LogP contribution >= 0.6 is 0 Å². The van der Waals surface area contributed by atoms with Crippen molar-refractivity contribution < 1.29 is 19.0 Å². The maximum Gasteiger partial charge on any atom is 0.262 e. The minimum atomic E-state index is -0.936. The van der Waals surface area contributed by atoms with Gasteiger partial charge in [-0.3, -0.25) is 4.79 Å². The van der Waals surface area contributed by atoms with Crippen molar-refractivity contribution in [3.63, 3.8) is 0 Å². The Kier molecular flexibility index (Phi) is 4.78. The van der Waals surface area contributed by atoms with Crippen molar-refractivity contribution in [2.75, 3.05) is 18.5 Å². The summed E-state index contributed by atoms with van der Waals surface area (Å²) in [4.78, 5) is 11.4. The highest BCUT2D eigenvalue weighted by Crippen LogP contribution is 2.30. The maximum absolute atomic E-state index is 13.7. The number of rotatable bonds is 5. The molecule has 0 aromatic heterocycles. The van der Waals surface area contributed by atoms with Gasteiger partial charge in [-0.2, -0.15) is 0 Å². The molecule has 2 atom stereocenters. The van der Waals surface area contributed by atoms with E-state index in [4.69, 9.17) is 4.74 Å². The molecular weight excluding hydrogens is 311 g/mol. The lowest BCUT2D eigenvalue weighted by molar-refractivity contribution is -0.118. The fraction of sp³-hybridized carbons (Fsp3) is 0.278. The Morgan fingerprint density at radius 3 is 2.92 bits per heavy atom. The number of carbonyl (C=O) groups excluding carboxylic acids is 1. The van der Waals surface area contributed by atoms with E-state index >= 15 is 0 Å². The summed E-state index contributed by atoms with van der Waals surface area (Å²) in [5.41, 5.74) is 1.83. The highest BCUT2D eigenvalue weighted by atomic mass is 19.1. The first kappa shape index (κ1) is 16.4. The third kappa shape index (κ3) is 3.55. The topological polar surface area (TPSA) is 70.6 Å². The first-order valence-electron chi connectivity index (χ1n) is 7.77. The van der Waals surface area contributed by atoms with Gasteiger partial charge in [-0.25, -0.2) is 4.39 Å². The average Bonchev–Trinajstić information content (AvgIpc) is 2.59. The van der Waals surface area contributed by atoms with Gasteiger partial charge in [0.2, 0.25) is 0 Å². The molecule has 0 spiro atoms. The van der Waals surface area contributed by atoms with Gasteiger partial charge >= 0.3 is 0 Å². The maximum atomic E-state index is 13.7. The zero-order valence-electron chi connectivity index (χ0n) is 13.3. The van der Waals surface area contributed by atoms with E-state index in [2.05, 4.69) is 10.6 Å². The van der Waals surface area contributed by atoms with E-state index in [9.17, 15) is 14.3 Å². The zero-order valence-corrected chi connectivity index (χ0v) is 13.3. The second kappa shape index (κ2) is 6.98. The number of fused-ring (bicyclic) bond motifs is 1. The molecule has 3 N–H and O–H groups in total. The highest BCUT2D eigenvalue weighted by molar-refractivity contribution is 5.95. The van der Waals surface area contributed by atoms with Gasteiger partial charge in [-0.05, 0) is 30.7 Å². The van der Waals surface area contributed by atoms with Crippen molar-refractivity contribution in [1.29, 1.82) is 0 Å². The minimum absolute atomic E-state index is 0.0228. The third-order valence-electron chi connectivity index (χ3n) is 4.02. The van der Waals surface area contributed by atoms with Gasteiger partial charge in [0.25, 0.3) is 5.91 Å². The predicted molar refractivity (Wildman–Crippen MR) is 88.3 cm³/mol. The van der Waals surface area contributed by atoms with Crippen LogP contribution in [-0.2, 0) is 4.79 Å². The van der Waals surface area contributed by atoms with Crippen LogP contribution in [0, 0.1) is 5.82 Å². The van der Waals surface area contributed by atoms with Crippen LogP contribution in [0.2, 0.25) is 0 Å². The molecule has 5 nitrogen and oxygen atoms in total. The van der Waals surface area contributed by atoms with Gasteiger partial charge in [0, 0.05) is 18.2 Å². The zero-order chi connectivity index (χ0) is 17.1. The summed E-state index contributed by atoms with van der Waals surface area (Å²) in [6.45, 7) is 2.17. The van der Waals surface area contributed by atoms with Gasteiger partial charge in [0.1, 0.15) is 11.6 Å². The van der Waals surface area contributed by atoms with Crippen molar-refractivity contribution in [3.05, 3.63) is 59.4 Å². The molecule has 6 heteroatoms. The molecule has 0 aliphatic carbocycles. The molecule has 1 aliphatic heterocycles. The van der Waals surface area contributed by atoms with Crippen LogP contribution < -0.4 is 15.4 Å². The molecule has 0 radical (unpaired) electrons. The lowest BCUT2D eigenvalue weighted by Crippen LogP contribution is -2.27. The summed E-state index contributed by atoms with van der Waals surface area (Å²) >= 11 is 0. The number of aliphatic hydroxyl groups excluding tert-OH is 1. The number of aliphatic hydroxyl groups is 1. The fourth-order valence-corrected chi connectivity index (χ4v) is 2.63. The van der Waals surface area contributed by atoms with Crippen LogP contribution in [0.1, 0.15) is 30.2 Å². The minimum Gasteiger partial charge on any atom is -0.482 e. The van der Waals surface area contributed by atoms with Gasteiger partial charge in [-0.1, -0.05) is 24.3 Å². The Morgan fingerprint density at radius 2 is 2.12 bits per heavy atom. The van der Waals surface area contributed by atoms with E-state index in [1.807, 2.05) is 19.1 Å². The van der Waals surface area contributed by atoms with Crippen molar-refractivity contribution in [2.45, 2.75) is 19.1 Å². The number of hydrogen-bond donors (Lipinski definition) is 3. The van der Waals surface area contributed by atoms with E-state index in [0.717, 1.165) is 5.56 Å². The third-order valence-corrected chi connectivity index (χ3v) is 4.02. The number of carbonyl (C=O) groups is 1. The van der Waals surface area contributed by atoms with Crippen LogP contribution in [-0.4, -0.2) is 24.2 Å². The van der Waals surface area contributed by atoms with E-state index in [1.54, 1.807) is 24.3 Å². The van der Waals surface area contributed by atoms with Crippen LogP contribution in [0.5, 0.6) is 5.75 Å². The summed E-state index contributed by atoms with van der Waals surface area (Å²) < 4.78 is 19.0. The second-order valence-electron chi connectivity index (χ2n) is 5.76. The monoisotopic (exact) mass is 330 g/mol. The van der Waals surface area contributed by atoms with Crippen molar-refractivity contribution in [3.8, 4) is 5.75 Å². The van der Waals surface area contributed by atoms with Gasteiger partial charge < -0.3 is 20.5 Å². The number of anilines is 1. The molecule has 1 amide bonds. The molecule has 3 rings (SSSR count). The molecule has 126 valence electrons. The van der Waals surface area contributed by atoms with Crippen LogP contribution in [0.3, 0.4) is 0 Å². The summed E-state index contributed by atoms with van der Waals surface area (Å²) in [5, 5.41) is 16.1. The van der Waals surface area contributed by atoms with E-state index in [-0.39, 0.29) is 30.7 Å². The molecule has 0 fully saturated rings. The van der Waals surface area contributed by atoms with Gasteiger partial charge in [0.15, 0.2) is 6.61 Å². The standard InChI is InChI=1S/C18H19FN2O3/c1-11(20-9-16(22)13-4-2-3-5-14(13)19)12-6-7-17-15(8-12)21-18(23)10-24-17/h2-8,11,16,20,22H,9-10H2,1H3,(H,21,23). The van der Waals surface area contributed by atoms with E-state index < -0.39 is 11.9 Å². The molecule has 1 heterocycles. The predicted octanol–water partition coefficient (Wildman–Crippen LogP) is 2.54. The number of hydrogen-bond acceptors (Lipinski definition) is 4. The molecule has 2 aromatic carbocycles. The molecule has 2 unspecified atom stereocenters. The van der Waals surface area contributed by atoms with E-state index in [1.165, 1.54) is 6.07 Å². The number of benzene rings is 2. The second-order valence-corrected chi connectivity index (χ2v) is 5.76. The summed E-state index contributed by atoms with van der Waals surface area (Å²) in [6.07, 6.45) is -0.936. The van der Waals surface area contributed by atoms with Crippen LogP contribution in [0.15, 0.2) is 42.5 Å². The smallest absolute Gasteiger partial charge is 0.262 e. The van der Waals surface area contributed by atoms with Crippen molar-refractivity contribution in [1.82, 2.24) is 5.32 Å². The van der Waals surface area contributed by atoms with Gasteiger partial charge in [0.05, 0.1) is 11.8 Å². The summed E-state index contributed by atoms with van der Waals surface area (Å²) in [5.74, 6) is 0.0280. The Bertz CT molecular complexity index is 751. The van der Waals surface area contributed by atoms with Crippen molar-refractivity contribution in [2.24, 2.45) is 0 Å². The first-order chi connectivity index (χ1) is 11.5. The molecule has 0 bridgehead atoms. The number of halogens is 1. The Hall–Kier alpha value is -2.44. The van der Waals surface area contributed by atoms with Crippen LogP contribution in [0.25, 0.3) is 0 Å². The highest BCUT2D eigenvalue weighted by Gasteiger charge is 2.18. The molecule has 0 saturated heterocycles. The molecular formula is C18H19FN2O3. The fourth-order valence-electron chi connectivity index (χ4n) is 2.63. The summed E-state index contributed by atoms with van der Waals surface area (Å²) in [6, 6.07) is 11.6. The van der Waals surface area contributed by atoms with Crippen LogP contribution in [0.4, 0.5) is 10.1 Å². The first-order valence-corrected chi connectivity index (χ1v) is 7.77. The molecule has 24 heavy (non-hydrogen) atoms. The summed E-state index contributed by atoms with van der Waals surface area (Å²) in [7, 11) is 0. The largest absolute Gasteiger partial charge is 0.482 e. The van der Waals surface area contributed by atoms with Crippen molar-refractivity contribution >= 4 is 11.6 Å². The van der Waals surface area contributed by atoms with E-state index in [0.29, 0.717) is 11.4 Å². The molecule has 1 aliphatic rings. The quantitative estimate of drug-likeness (QED) is 0.788. The lowest BCUT2D eigenvalue weighted by atomic mass is 10.0. The Morgan fingerprint density at radius 1 is 1.33 bits per heavy atom. The average molecular weight is 330 g/mol.